The van der Waals surface area contributed by atoms with Crippen LogP contribution in [-0.2, 0) is 11.2 Å². The van der Waals surface area contributed by atoms with Gasteiger partial charge in [-0.1, -0.05) is 29.3 Å². The molecular formula is C22H19Cl2N3O4S. The molecule has 0 atom stereocenters. The van der Waals surface area contributed by atoms with E-state index in [1.165, 1.54) is 0 Å². The average Bonchev–Trinajstić information content (AvgIpc) is 3.22. The molecule has 32 heavy (non-hydrogen) atoms. The van der Waals surface area contributed by atoms with Crippen molar-refractivity contribution < 1.29 is 19.2 Å². The minimum atomic E-state index is -0.447. The number of carbonyl (C=O) groups is 4. The van der Waals surface area contributed by atoms with Crippen LogP contribution in [0.3, 0.4) is 0 Å². The molecule has 1 aliphatic heterocycles. The number of amides is 3. The number of H-pyrrole nitrogens is 1. The van der Waals surface area contributed by atoms with E-state index in [4.69, 9.17) is 23.2 Å². The van der Waals surface area contributed by atoms with E-state index in [-0.39, 0.29) is 29.7 Å². The number of carbonyl (C=O) groups excluding carboxylic acids is 4. The molecule has 1 aromatic heterocycles. The van der Waals surface area contributed by atoms with E-state index in [2.05, 4.69) is 10.3 Å². The van der Waals surface area contributed by atoms with Gasteiger partial charge in [0.05, 0.1) is 4.91 Å². The van der Waals surface area contributed by atoms with E-state index in [0.717, 1.165) is 35.2 Å². The van der Waals surface area contributed by atoms with Gasteiger partial charge >= 0.3 is 0 Å². The third kappa shape index (κ3) is 4.35. The Balaban J connectivity index is 1.40. The second-order valence-electron chi connectivity index (χ2n) is 7.51. The summed E-state index contributed by atoms with van der Waals surface area (Å²) < 4.78 is 0. The first-order valence-electron chi connectivity index (χ1n) is 9.99. The Morgan fingerprint density at radius 1 is 1.25 bits per heavy atom. The van der Waals surface area contributed by atoms with Crippen molar-refractivity contribution in [3.05, 3.63) is 61.2 Å². The van der Waals surface area contributed by atoms with Crippen LogP contribution >= 0.6 is 35.0 Å². The predicted molar refractivity (Wildman–Crippen MR) is 124 cm³/mol. The highest BCUT2D eigenvalue weighted by Gasteiger charge is 2.35. The molecule has 4 rings (SSSR count). The summed E-state index contributed by atoms with van der Waals surface area (Å²) in [4.78, 5) is 54.1. The van der Waals surface area contributed by atoms with Crippen LogP contribution in [0.1, 0.15) is 50.5 Å². The third-order valence-electron chi connectivity index (χ3n) is 5.41. The van der Waals surface area contributed by atoms with Gasteiger partial charge in [0.15, 0.2) is 5.78 Å². The van der Waals surface area contributed by atoms with Gasteiger partial charge in [-0.25, -0.2) is 0 Å². The molecule has 0 spiro atoms. The van der Waals surface area contributed by atoms with Crippen LogP contribution in [0.4, 0.5) is 4.79 Å². The molecule has 2 heterocycles. The first-order valence-corrected chi connectivity index (χ1v) is 11.6. The number of nitrogens with one attached hydrogen (secondary N) is 2. The van der Waals surface area contributed by atoms with Gasteiger partial charge < -0.3 is 10.3 Å². The zero-order chi connectivity index (χ0) is 23.0. The predicted octanol–water partition coefficient (Wildman–Crippen LogP) is 4.62. The van der Waals surface area contributed by atoms with Gasteiger partial charge in [0, 0.05) is 40.8 Å². The van der Waals surface area contributed by atoms with Crippen LogP contribution in [0.25, 0.3) is 6.08 Å². The summed E-state index contributed by atoms with van der Waals surface area (Å²) in [5.74, 6) is -0.776. The highest BCUT2D eigenvalue weighted by atomic mass is 35.5. The molecular weight excluding hydrogens is 473 g/mol. The fourth-order valence-electron chi connectivity index (χ4n) is 3.82. The molecule has 1 fully saturated rings. The summed E-state index contributed by atoms with van der Waals surface area (Å²) in [5, 5.41) is 3.15. The van der Waals surface area contributed by atoms with Crippen molar-refractivity contribution in [2.24, 2.45) is 0 Å². The number of fused-ring (bicyclic) bond motifs is 1. The monoisotopic (exact) mass is 491 g/mol. The summed E-state index contributed by atoms with van der Waals surface area (Å²) in [7, 11) is 0. The molecule has 0 radical (unpaired) electrons. The van der Waals surface area contributed by atoms with Crippen molar-refractivity contribution >= 4 is 63.9 Å². The number of hydrogen-bond donors (Lipinski definition) is 2. The second-order valence-corrected chi connectivity index (χ2v) is 9.35. The summed E-state index contributed by atoms with van der Waals surface area (Å²) in [6.07, 6.45) is 3.53. The topological polar surface area (TPSA) is 99.3 Å². The van der Waals surface area contributed by atoms with Gasteiger partial charge in [-0.3, -0.25) is 24.1 Å². The van der Waals surface area contributed by atoms with E-state index in [1.807, 2.05) is 0 Å². The molecule has 0 unspecified atom stereocenters. The first-order chi connectivity index (χ1) is 15.3. The summed E-state index contributed by atoms with van der Waals surface area (Å²) in [5.41, 5.74) is 2.96. The Labute approximate surface area is 198 Å². The van der Waals surface area contributed by atoms with Crippen molar-refractivity contribution in [1.82, 2.24) is 15.2 Å². The Morgan fingerprint density at radius 3 is 2.75 bits per heavy atom. The summed E-state index contributed by atoms with van der Waals surface area (Å²) in [6.45, 7) is 1.86. The Bertz CT molecular complexity index is 1190. The molecule has 1 aliphatic carbocycles. The number of aryl methyl sites for hydroxylation is 1. The number of Topliss-reactive ketones (excluding diaryl/α,β-unsaturated/α-hetero) is 1. The minimum absolute atomic E-state index is 0.0283. The van der Waals surface area contributed by atoms with Crippen LogP contribution in [0.15, 0.2) is 23.1 Å². The normalized spacial score (nSPS) is 17.3. The lowest BCUT2D eigenvalue weighted by molar-refractivity contribution is -0.122. The zero-order valence-electron chi connectivity index (χ0n) is 17.1. The van der Waals surface area contributed by atoms with E-state index in [0.29, 0.717) is 38.9 Å². The van der Waals surface area contributed by atoms with Crippen LogP contribution in [-0.4, -0.2) is 45.8 Å². The fraction of sp³-hybridized carbons (Fsp3) is 0.273. The molecule has 7 nitrogen and oxygen atoms in total. The van der Waals surface area contributed by atoms with Crippen molar-refractivity contribution in [1.29, 1.82) is 0 Å². The van der Waals surface area contributed by atoms with E-state index < -0.39 is 11.1 Å². The quantitative estimate of drug-likeness (QED) is 0.594. The Kier molecular flexibility index (Phi) is 6.46. The molecule has 3 amide bonds. The van der Waals surface area contributed by atoms with E-state index in [9.17, 15) is 19.2 Å². The number of halogens is 2. The first kappa shape index (κ1) is 22.6. The lowest BCUT2D eigenvalue weighted by Crippen LogP contribution is -2.37. The number of nitrogens with zero attached hydrogens (tertiary/aromatic N) is 1. The summed E-state index contributed by atoms with van der Waals surface area (Å²) in [6, 6.07) is 4.87. The third-order valence-corrected chi connectivity index (χ3v) is 6.88. The molecule has 1 aromatic carbocycles. The molecule has 0 bridgehead atoms. The number of ketones is 1. The molecule has 2 aromatic rings. The van der Waals surface area contributed by atoms with Gasteiger partial charge in [-0.2, -0.15) is 0 Å². The highest BCUT2D eigenvalue weighted by molar-refractivity contribution is 8.18. The number of aromatic nitrogens is 1. The number of hydrogen-bond acceptors (Lipinski definition) is 5. The maximum absolute atomic E-state index is 12.7. The summed E-state index contributed by atoms with van der Waals surface area (Å²) >= 11 is 12.9. The second kappa shape index (κ2) is 9.13. The standard InChI is InChI=1S/C22H19Cl2N3O4S/c1-11-18-15(3-2-4-16(18)28)26-19(11)20(29)25-7-8-27-21(30)17(32-22(27)31)9-12-5-6-13(23)10-14(12)24/h5-6,9-10,26H,2-4,7-8H2,1H3,(H,25,29)/b17-9-. The van der Waals surface area contributed by atoms with E-state index in [1.54, 1.807) is 31.2 Å². The van der Waals surface area contributed by atoms with Gasteiger partial charge in [0.1, 0.15) is 5.69 Å². The maximum Gasteiger partial charge on any atom is 0.293 e. The fourth-order valence-corrected chi connectivity index (χ4v) is 5.14. The van der Waals surface area contributed by atoms with Crippen molar-refractivity contribution in [2.75, 3.05) is 13.1 Å². The number of benzene rings is 1. The maximum atomic E-state index is 12.7. The average molecular weight is 492 g/mol. The largest absolute Gasteiger partial charge is 0.354 e. The van der Waals surface area contributed by atoms with Gasteiger partial charge in [-0.15, -0.1) is 0 Å². The number of rotatable bonds is 5. The Morgan fingerprint density at radius 2 is 2.03 bits per heavy atom. The van der Waals surface area contributed by atoms with Crippen molar-refractivity contribution in [2.45, 2.75) is 26.2 Å². The zero-order valence-corrected chi connectivity index (χ0v) is 19.4. The minimum Gasteiger partial charge on any atom is -0.354 e. The van der Waals surface area contributed by atoms with Gasteiger partial charge in [-0.05, 0) is 60.9 Å². The lowest BCUT2D eigenvalue weighted by atomic mass is 9.94. The number of aromatic amines is 1. The SMILES string of the molecule is Cc1c(C(=O)NCCN2C(=O)S/C(=C\c3ccc(Cl)cc3Cl)C2=O)[nH]c2c1C(=O)CCC2. The van der Waals surface area contributed by atoms with Crippen LogP contribution in [0.2, 0.25) is 10.0 Å². The lowest BCUT2D eigenvalue weighted by Gasteiger charge is -2.13. The highest BCUT2D eigenvalue weighted by Crippen LogP contribution is 2.34. The smallest absolute Gasteiger partial charge is 0.293 e. The van der Waals surface area contributed by atoms with Gasteiger partial charge in [0.25, 0.3) is 17.1 Å². The molecule has 166 valence electrons. The number of thioether (sulfide) groups is 1. The molecule has 2 N–H and O–H groups in total. The van der Waals surface area contributed by atoms with Crippen molar-refractivity contribution in [3.8, 4) is 0 Å². The van der Waals surface area contributed by atoms with Crippen LogP contribution in [0.5, 0.6) is 0 Å². The van der Waals surface area contributed by atoms with Crippen LogP contribution < -0.4 is 5.32 Å². The van der Waals surface area contributed by atoms with E-state index >= 15 is 0 Å². The van der Waals surface area contributed by atoms with Gasteiger partial charge in [0.2, 0.25) is 0 Å². The number of imide groups is 1. The molecule has 2 aliphatic rings. The van der Waals surface area contributed by atoms with Crippen molar-refractivity contribution in [3.63, 3.8) is 0 Å². The Hall–Kier alpha value is -2.55. The molecule has 0 saturated carbocycles. The van der Waals surface area contributed by atoms with Crippen LogP contribution in [0, 0.1) is 6.92 Å². The molecule has 1 saturated heterocycles. The molecule has 10 heteroatoms.